The summed E-state index contributed by atoms with van der Waals surface area (Å²) in [6.45, 7) is 9.24. The number of aromatic nitrogens is 2. The Morgan fingerprint density at radius 2 is 1.88 bits per heavy atom. The molecule has 0 saturated carbocycles. The zero-order valence-electron chi connectivity index (χ0n) is 20.4. The van der Waals surface area contributed by atoms with Gasteiger partial charge in [0.15, 0.2) is 5.82 Å². The molecule has 34 heavy (non-hydrogen) atoms. The standard InChI is InChI=1S/C27H34N4O3/c1-17(2)13-24(33)27(34)30-11-12-31(20(15-30)16-32)26-22-10-9-18(3)14-23(22)28-25(29-26)21-8-6-5-7-19(21)4/h5-10,14,17,20,24,32-33H,11-13,15-16H2,1-4H3/t20?,24-/m1/s1. The molecule has 1 fully saturated rings. The minimum atomic E-state index is -1.01. The van der Waals surface area contributed by atoms with Crippen LogP contribution in [0.2, 0.25) is 0 Å². The Balaban J connectivity index is 1.71. The van der Waals surface area contributed by atoms with Crippen LogP contribution in [-0.2, 0) is 4.79 Å². The molecule has 1 saturated heterocycles. The molecule has 7 nitrogen and oxygen atoms in total. The van der Waals surface area contributed by atoms with Crippen LogP contribution in [0, 0.1) is 19.8 Å². The van der Waals surface area contributed by atoms with Gasteiger partial charge in [0.25, 0.3) is 5.91 Å². The van der Waals surface area contributed by atoms with E-state index in [1.807, 2.05) is 64.1 Å². The van der Waals surface area contributed by atoms with Crippen LogP contribution in [-0.4, -0.2) is 69.4 Å². The zero-order chi connectivity index (χ0) is 24.4. The number of aliphatic hydroxyl groups is 2. The van der Waals surface area contributed by atoms with Crippen LogP contribution >= 0.6 is 0 Å². The summed E-state index contributed by atoms with van der Waals surface area (Å²) >= 11 is 0. The van der Waals surface area contributed by atoms with Gasteiger partial charge in [0.05, 0.1) is 18.2 Å². The average Bonchev–Trinajstić information content (AvgIpc) is 2.82. The van der Waals surface area contributed by atoms with Gasteiger partial charge in [-0.2, -0.15) is 0 Å². The molecule has 0 spiro atoms. The van der Waals surface area contributed by atoms with Gasteiger partial charge in [-0.15, -0.1) is 0 Å². The molecule has 1 aromatic heterocycles. The fourth-order valence-corrected chi connectivity index (χ4v) is 4.63. The fourth-order valence-electron chi connectivity index (χ4n) is 4.63. The third-order valence-corrected chi connectivity index (χ3v) is 6.48. The first-order valence-corrected chi connectivity index (χ1v) is 12.0. The SMILES string of the molecule is Cc1ccc2c(N3CCN(C(=O)[C@H](O)CC(C)C)CC3CO)nc(-c3ccccc3C)nc2c1. The smallest absolute Gasteiger partial charge is 0.251 e. The maximum atomic E-state index is 12.8. The van der Waals surface area contributed by atoms with Crippen LogP contribution in [0.1, 0.15) is 31.4 Å². The molecular weight excluding hydrogens is 428 g/mol. The molecule has 1 amide bonds. The van der Waals surface area contributed by atoms with Crippen molar-refractivity contribution in [1.29, 1.82) is 0 Å². The highest BCUT2D eigenvalue weighted by Crippen LogP contribution is 2.31. The molecule has 0 aliphatic carbocycles. The largest absolute Gasteiger partial charge is 0.394 e. The molecule has 7 heteroatoms. The molecule has 3 aromatic rings. The summed E-state index contributed by atoms with van der Waals surface area (Å²) in [6, 6.07) is 13.8. The highest BCUT2D eigenvalue weighted by atomic mass is 16.3. The zero-order valence-corrected chi connectivity index (χ0v) is 20.4. The van der Waals surface area contributed by atoms with E-state index in [9.17, 15) is 15.0 Å². The number of hydrogen-bond donors (Lipinski definition) is 2. The number of nitrogens with zero attached hydrogens (tertiary/aromatic N) is 4. The quantitative estimate of drug-likeness (QED) is 0.584. The number of aryl methyl sites for hydroxylation is 2. The van der Waals surface area contributed by atoms with Crippen LogP contribution < -0.4 is 4.90 Å². The monoisotopic (exact) mass is 462 g/mol. The number of piperazine rings is 1. The Morgan fingerprint density at radius 1 is 1.12 bits per heavy atom. The lowest BCUT2D eigenvalue weighted by Gasteiger charge is -2.42. The summed E-state index contributed by atoms with van der Waals surface area (Å²) in [6.07, 6.45) is -0.583. The molecule has 1 unspecified atom stereocenters. The minimum Gasteiger partial charge on any atom is -0.394 e. The molecule has 2 atom stereocenters. The van der Waals surface area contributed by atoms with E-state index < -0.39 is 6.10 Å². The van der Waals surface area contributed by atoms with E-state index in [1.54, 1.807) is 4.90 Å². The number of fused-ring (bicyclic) bond motifs is 1. The van der Waals surface area contributed by atoms with E-state index >= 15 is 0 Å². The van der Waals surface area contributed by atoms with Gasteiger partial charge in [0.2, 0.25) is 0 Å². The van der Waals surface area contributed by atoms with E-state index in [0.29, 0.717) is 31.9 Å². The average molecular weight is 463 g/mol. The third-order valence-electron chi connectivity index (χ3n) is 6.48. The summed E-state index contributed by atoms with van der Waals surface area (Å²) < 4.78 is 0. The molecule has 4 rings (SSSR count). The van der Waals surface area contributed by atoms with Crippen molar-refractivity contribution < 1.29 is 15.0 Å². The van der Waals surface area contributed by atoms with Crippen molar-refractivity contribution >= 4 is 22.6 Å². The highest BCUT2D eigenvalue weighted by Gasteiger charge is 2.33. The topological polar surface area (TPSA) is 89.8 Å². The number of hydrogen-bond acceptors (Lipinski definition) is 6. The number of amides is 1. The maximum absolute atomic E-state index is 12.8. The molecule has 2 N–H and O–H groups in total. The van der Waals surface area contributed by atoms with E-state index in [2.05, 4.69) is 11.0 Å². The summed E-state index contributed by atoms with van der Waals surface area (Å²) in [5.41, 5.74) is 4.03. The molecule has 2 aromatic carbocycles. The van der Waals surface area contributed by atoms with Crippen molar-refractivity contribution in [1.82, 2.24) is 14.9 Å². The van der Waals surface area contributed by atoms with Crippen molar-refractivity contribution in [3.63, 3.8) is 0 Å². The second-order valence-electron chi connectivity index (χ2n) is 9.67. The predicted octanol–water partition coefficient (Wildman–Crippen LogP) is 3.33. The lowest BCUT2D eigenvalue weighted by molar-refractivity contribution is -0.142. The maximum Gasteiger partial charge on any atom is 0.251 e. The number of carbonyl (C=O) groups is 1. The Bertz CT molecular complexity index is 1180. The second kappa shape index (κ2) is 10.1. The van der Waals surface area contributed by atoms with Crippen molar-refractivity contribution in [2.24, 2.45) is 5.92 Å². The number of anilines is 1. The van der Waals surface area contributed by atoms with Gasteiger partial charge < -0.3 is 20.0 Å². The molecule has 1 aliphatic rings. The van der Waals surface area contributed by atoms with Crippen LogP contribution in [0.15, 0.2) is 42.5 Å². The first kappa shape index (κ1) is 24.1. The summed E-state index contributed by atoms with van der Waals surface area (Å²) in [5.74, 6) is 1.37. The van der Waals surface area contributed by atoms with E-state index in [0.717, 1.165) is 33.4 Å². The number of benzene rings is 2. The predicted molar refractivity (Wildman–Crippen MR) is 135 cm³/mol. The van der Waals surface area contributed by atoms with Gasteiger partial charge in [0.1, 0.15) is 11.9 Å². The van der Waals surface area contributed by atoms with Gasteiger partial charge in [-0.05, 0) is 49.4 Å². The Morgan fingerprint density at radius 3 is 2.59 bits per heavy atom. The van der Waals surface area contributed by atoms with Crippen LogP contribution in [0.25, 0.3) is 22.3 Å². The van der Waals surface area contributed by atoms with Crippen molar-refractivity contribution in [3.8, 4) is 11.4 Å². The molecule has 1 aliphatic heterocycles. The summed E-state index contributed by atoms with van der Waals surface area (Å²) in [5, 5.41) is 21.5. The van der Waals surface area contributed by atoms with E-state index in [4.69, 9.17) is 9.97 Å². The lowest BCUT2D eigenvalue weighted by atomic mass is 10.0. The van der Waals surface area contributed by atoms with Crippen LogP contribution in [0.3, 0.4) is 0 Å². The van der Waals surface area contributed by atoms with Crippen molar-refractivity contribution in [2.75, 3.05) is 31.1 Å². The number of rotatable bonds is 6. The van der Waals surface area contributed by atoms with Crippen molar-refractivity contribution in [2.45, 2.75) is 46.3 Å². The van der Waals surface area contributed by atoms with Gasteiger partial charge in [0, 0.05) is 30.6 Å². The van der Waals surface area contributed by atoms with Crippen LogP contribution in [0.5, 0.6) is 0 Å². The Hall–Kier alpha value is -3.03. The first-order chi connectivity index (χ1) is 16.3. The number of carbonyl (C=O) groups excluding carboxylic acids is 1. The summed E-state index contributed by atoms with van der Waals surface area (Å²) in [7, 11) is 0. The Kier molecular flexibility index (Phi) is 7.14. The highest BCUT2D eigenvalue weighted by molar-refractivity contribution is 5.92. The number of aliphatic hydroxyl groups excluding tert-OH is 2. The minimum absolute atomic E-state index is 0.124. The summed E-state index contributed by atoms with van der Waals surface area (Å²) in [4.78, 5) is 26.4. The molecular formula is C27H34N4O3. The van der Waals surface area contributed by atoms with Crippen LogP contribution in [0.4, 0.5) is 5.82 Å². The Labute approximate surface area is 201 Å². The van der Waals surface area contributed by atoms with Gasteiger partial charge in [-0.1, -0.05) is 44.2 Å². The second-order valence-corrected chi connectivity index (χ2v) is 9.67. The fraction of sp³-hybridized carbons (Fsp3) is 0.444. The molecule has 180 valence electrons. The van der Waals surface area contributed by atoms with Gasteiger partial charge in [-0.3, -0.25) is 4.79 Å². The first-order valence-electron chi connectivity index (χ1n) is 12.0. The molecule has 0 radical (unpaired) electrons. The van der Waals surface area contributed by atoms with E-state index in [1.165, 1.54) is 0 Å². The van der Waals surface area contributed by atoms with Crippen molar-refractivity contribution in [3.05, 3.63) is 53.6 Å². The van der Waals surface area contributed by atoms with Gasteiger partial charge in [-0.25, -0.2) is 9.97 Å². The molecule has 0 bridgehead atoms. The van der Waals surface area contributed by atoms with E-state index in [-0.39, 0.29) is 24.5 Å². The lowest BCUT2D eigenvalue weighted by Crippen LogP contribution is -2.58. The van der Waals surface area contributed by atoms with Gasteiger partial charge >= 0.3 is 0 Å². The third kappa shape index (κ3) is 4.91. The molecule has 2 heterocycles. The normalized spacial score (nSPS) is 17.4.